The Morgan fingerprint density at radius 3 is 2.45 bits per heavy atom. The molecule has 1 aromatic carbocycles. The van der Waals surface area contributed by atoms with E-state index in [4.69, 9.17) is 27.4 Å². The van der Waals surface area contributed by atoms with Crippen molar-refractivity contribution in [3.63, 3.8) is 0 Å². The summed E-state index contributed by atoms with van der Waals surface area (Å²) in [4.78, 5) is 7.76. The average Bonchev–Trinajstić information content (AvgIpc) is 2.49. The van der Waals surface area contributed by atoms with Crippen LogP contribution in [0.25, 0.3) is 0 Å². The Labute approximate surface area is 129 Å². The van der Waals surface area contributed by atoms with Gasteiger partial charge in [0.25, 0.3) is 0 Å². The zero-order valence-corrected chi connectivity index (χ0v) is 12.8. The van der Waals surface area contributed by atoms with Gasteiger partial charge < -0.3 is 20.9 Å². The Morgan fingerprint density at radius 1 is 1.18 bits per heavy atom. The van der Waals surface area contributed by atoms with Crippen molar-refractivity contribution < 1.29 is 9.47 Å². The molecule has 4 N–H and O–H groups in total. The molecule has 6 nitrogen and oxygen atoms in total. The van der Waals surface area contributed by atoms with Gasteiger partial charge in [-0.2, -0.15) is 4.98 Å². The minimum absolute atomic E-state index is 0.0907. The highest BCUT2D eigenvalue weighted by Crippen LogP contribution is 2.36. The predicted octanol–water partition coefficient (Wildman–Crippen LogP) is 2.55. The number of nitrogens with zero attached hydrogens (tertiary/aromatic N) is 2. The van der Waals surface area contributed by atoms with E-state index in [9.17, 15) is 0 Å². The molecular weight excluding hydrogens is 280 g/mol. The monoisotopic (exact) mass is 298 g/mol. The number of terminal acetylenes is 1. The van der Waals surface area contributed by atoms with Crippen LogP contribution in [0, 0.1) is 12.3 Å². The standard InChI is InChI=1S/C16H18N4O2/c1-5-10-6-13(11(9(2)3)7-12(10)21-4)22-14-8-19-16(18)20-15(14)17/h1,6-9H,2-4H3,(H4,17,18,19,20). The molecule has 0 aliphatic carbocycles. The second kappa shape index (κ2) is 6.22. The third-order valence-electron chi connectivity index (χ3n) is 3.13. The Morgan fingerprint density at radius 2 is 1.91 bits per heavy atom. The third-order valence-corrected chi connectivity index (χ3v) is 3.13. The first-order valence-corrected chi connectivity index (χ1v) is 6.70. The number of aromatic nitrogens is 2. The molecule has 1 aromatic heterocycles. The lowest BCUT2D eigenvalue weighted by molar-refractivity contribution is 0.409. The quantitative estimate of drug-likeness (QED) is 0.842. The number of hydrogen-bond donors (Lipinski definition) is 2. The van der Waals surface area contributed by atoms with E-state index in [1.165, 1.54) is 6.20 Å². The maximum atomic E-state index is 5.84. The maximum Gasteiger partial charge on any atom is 0.222 e. The molecule has 0 aliphatic rings. The van der Waals surface area contributed by atoms with Crippen LogP contribution in [0.4, 0.5) is 11.8 Å². The van der Waals surface area contributed by atoms with Gasteiger partial charge in [-0.1, -0.05) is 19.8 Å². The molecular formula is C16H18N4O2. The smallest absolute Gasteiger partial charge is 0.222 e. The van der Waals surface area contributed by atoms with Gasteiger partial charge >= 0.3 is 0 Å². The topological polar surface area (TPSA) is 96.3 Å². The van der Waals surface area contributed by atoms with E-state index in [-0.39, 0.29) is 17.7 Å². The van der Waals surface area contributed by atoms with Gasteiger partial charge in [0.1, 0.15) is 11.5 Å². The van der Waals surface area contributed by atoms with E-state index in [1.807, 2.05) is 19.9 Å². The second-order valence-electron chi connectivity index (χ2n) is 4.97. The number of benzene rings is 1. The van der Waals surface area contributed by atoms with Gasteiger partial charge in [0.2, 0.25) is 5.95 Å². The molecule has 0 saturated carbocycles. The van der Waals surface area contributed by atoms with Gasteiger partial charge in [-0.05, 0) is 12.0 Å². The lowest BCUT2D eigenvalue weighted by Gasteiger charge is -2.17. The Balaban J connectivity index is 2.51. The number of nitrogen functional groups attached to an aromatic ring is 2. The Bertz CT molecular complexity index is 736. The molecule has 2 aromatic rings. The summed E-state index contributed by atoms with van der Waals surface area (Å²) >= 11 is 0. The first kappa shape index (κ1) is 15.4. The zero-order valence-electron chi connectivity index (χ0n) is 12.8. The Kier molecular flexibility index (Phi) is 4.37. The lowest BCUT2D eigenvalue weighted by Crippen LogP contribution is -2.03. The number of methoxy groups -OCH3 is 1. The molecule has 0 saturated heterocycles. The molecule has 6 heteroatoms. The molecule has 0 spiro atoms. The molecule has 0 aliphatic heterocycles. The van der Waals surface area contributed by atoms with Crippen LogP contribution in [0.5, 0.6) is 17.2 Å². The highest BCUT2D eigenvalue weighted by molar-refractivity contribution is 5.56. The van der Waals surface area contributed by atoms with Crippen LogP contribution in [0.3, 0.4) is 0 Å². The number of rotatable bonds is 4. The van der Waals surface area contributed by atoms with Gasteiger partial charge in [-0.25, -0.2) is 4.98 Å². The van der Waals surface area contributed by atoms with E-state index in [2.05, 4.69) is 15.9 Å². The molecule has 0 unspecified atom stereocenters. The molecule has 0 fully saturated rings. The molecule has 114 valence electrons. The highest BCUT2D eigenvalue weighted by Gasteiger charge is 2.15. The summed E-state index contributed by atoms with van der Waals surface area (Å²) in [7, 11) is 1.58. The summed E-state index contributed by atoms with van der Waals surface area (Å²) in [5, 5.41) is 0. The Hall–Kier alpha value is -2.94. The highest BCUT2D eigenvalue weighted by atomic mass is 16.5. The van der Waals surface area contributed by atoms with Crippen LogP contribution in [0.2, 0.25) is 0 Å². The number of anilines is 2. The van der Waals surface area contributed by atoms with Gasteiger partial charge in [-0.15, -0.1) is 6.42 Å². The SMILES string of the molecule is C#Cc1cc(Oc2cnc(N)nc2N)c(C(C)C)cc1OC. The largest absolute Gasteiger partial charge is 0.495 e. The van der Waals surface area contributed by atoms with Crippen molar-refractivity contribution in [2.24, 2.45) is 0 Å². The fourth-order valence-electron chi connectivity index (χ4n) is 1.99. The minimum atomic E-state index is 0.0907. The summed E-state index contributed by atoms with van der Waals surface area (Å²) < 4.78 is 11.1. The van der Waals surface area contributed by atoms with Gasteiger partial charge in [-0.3, -0.25) is 0 Å². The van der Waals surface area contributed by atoms with Crippen LogP contribution >= 0.6 is 0 Å². The van der Waals surface area contributed by atoms with Gasteiger partial charge in [0, 0.05) is 11.6 Å². The predicted molar refractivity (Wildman–Crippen MR) is 85.9 cm³/mol. The molecule has 0 amide bonds. The fraction of sp³-hybridized carbons (Fsp3) is 0.250. The summed E-state index contributed by atoms with van der Waals surface area (Å²) in [6, 6.07) is 3.60. The normalized spacial score (nSPS) is 10.3. The molecule has 2 rings (SSSR count). The van der Waals surface area contributed by atoms with Crippen molar-refractivity contribution in [2.45, 2.75) is 19.8 Å². The number of ether oxygens (including phenoxy) is 2. The van der Waals surface area contributed by atoms with E-state index in [0.29, 0.717) is 22.8 Å². The van der Waals surface area contributed by atoms with Crippen LogP contribution < -0.4 is 20.9 Å². The minimum Gasteiger partial charge on any atom is -0.495 e. The number of nitrogens with two attached hydrogens (primary N) is 2. The summed E-state index contributed by atoms with van der Waals surface area (Å²) in [6.45, 7) is 4.08. The molecule has 22 heavy (non-hydrogen) atoms. The van der Waals surface area contributed by atoms with Crippen molar-refractivity contribution in [2.75, 3.05) is 18.6 Å². The molecule has 0 atom stereocenters. The lowest BCUT2D eigenvalue weighted by atomic mass is 9.99. The average molecular weight is 298 g/mol. The zero-order chi connectivity index (χ0) is 16.3. The van der Waals surface area contributed by atoms with E-state index in [0.717, 1.165) is 5.56 Å². The summed E-state index contributed by atoms with van der Waals surface area (Å²) in [5.41, 5.74) is 12.8. The molecule has 0 radical (unpaired) electrons. The van der Waals surface area contributed by atoms with Gasteiger partial charge in [0.05, 0.1) is 18.9 Å². The van der Waals surface area contributed by atoms with Crippen LogP contribution in [0.15, 0.2) is 18.3 Å². The van der Waals surface area contributed by atoms with Crippen molar-refractivity contribution in [3.8, 4) is 29.6 Å². The van der Waals surface area contributed by atoms with Crippen LogP contribution in [-0.4, -0.2) is 17.1 Å². The van der Waals surface area contributed by atoms with E-state index in [1.54, 1.807) is 13.2 Å². The third kappa shape index (κ3) is 3.04. The van der Waals surface area contributed by atoms with Crippen LogP contribution in [0.1, 0.15) is 30.9 Å². The number of hydrogen-bond acceptors (Lipinski definition) is 6. The molecule has 1 heterocycles. The summed E-state index contributed by atoms with van der Waals surface area (Å²) in [6.07, 6.45) is 6.95. The van der Waals surface area contributed by atoms with Crippen molar-refractivity contribution in [3.05, 3.63) is 29.5 Å². The first-order chi connectivity index (χ1) is 10.5. The van der Waals surface area contributed by atoms with E-state index < -0.39 is 0 Å². The van der Waals surface area contributed by atoms with Crippen molar-refractivity contribution in [1.82, 2.24) is 9.97 Å². The van der Waals surface area contributed by atoms with Crippen LogP contribution in [-0.2, 0) is 0 Å². The molecule has 0 bridgehead atoms. The van der Waals surface area contributed by atoms with Gasteiger partial charge in [0.15, 0.2) is 11.6 Å². The first-order valence-electron chi connectivity index (χ1n) is 6.70. The fourth-order valence-corrected chi connectivity index (χ4v) is 1.99. The maximum absolute atomic E-state index is 5.84. The second-order valence-corrected chi connectivity index (χ2v) is 4.97. The van der Waals surface area contributed by atoms with Crippen molar-refractivity contribution in [1.29, 1.82) is 0 Å². The summed E-state index contributed by atoms with van der Waals surface area (Å²) in [5.74, 6) is 4.57. The van der Waals surface area contributed by atoms with Crippen molar-refractivity contribution >= 4 is 11.8 Å². The van der Waals surface area contributed by atoms with E-state index >= 15 is 0 Å².